The van der Waals surface area contributed by atoms with Gasteiger partial charge in [0, 0.05) is 4.47 Å². The van der Waals surface area contributed by atoms with Crippen molar-refractivity contribution >= 4 is 15.9 Å². The molecule has 1 unspecified atom stereocenters. The van der Waals surface area contributed by atoms with Gasteiger partial charge in [0.1, 0.15) is 11.5 Å². The van der Waals surface area contributed by atoms with Crippen molar-refractivity contribution in [2.24, 2.45) is 0 Å². The average molecular weight is 335 g/mol. The molecule has 2 rings (SSSR count). The van der Waals surface area contributed by atoms with E-state index in [1.165, 1.54) is 5.56 Å². The molecule has 0 aliphatic heterocycles. The maximum Gasteiger partial charge on any atom is 0.130 e. The van der Waals surface area contributed by atoms with E-state index in [-0.39, 0.29) is 6.61 Å². The molecule has 2 aromatic carbocycles. The predicted molar refractivity (Wildman–Crippen MR) is 85.3 cm³/mol. The lowest BCUT2D eigenvalue weighted by Crippen LogP contribution is -1.96. The molecule has 0 aliphatic carbocycles. The van der Waals surface area contributed by atoms with Crippen LogP contribution in [0.5, 0.6) is 11.5 Å². The minimum atomic E-state index is 0.0182. The highest BCUT2D eigenvalue weighted by Gasteiger charge is 2.10. The van der Waals surface area contributed by atoms with Gasteiger partial charge in [0.2, 0.25) is 0 Å². The average Bonchev–Trinajstić information content (AvgIpc) is 2.47. The molecule has 0 spiro atoms. The van der Waals surface area contributed by atoms with Crippen molar-refractivity contribution in [1.29, 1.82) is 0 Å². The summed E-state index contributed by atoms with van der Waals surface area (Å²) in [6.07, 6.45) is 1.08. The Labute approximate surface area is 128 Å². The van der Waals surface area contributed by atoms with Crippen LogP contribution in [-0.2, 0) is 6.61 Å². The lowest BCUT2D eigenvalue weighted by Gasteiger charge is -2.16. The minimum Gasteiger partial charge on any atom is -0.457 e. The Bertz CT molecular complexity index is 581. The molecule has 2 aromatic rings. The van der Waals surface area contributed by atoms with Crippen LogP contribution in [0.1, 0.15) is 37.3 Å². The molecule has 1 N–H and O–H groups in total. The molecule has 2 nitrogen and oxygen atoms in total. The first-order chi connectivity index (χ1) is 9.65. The molecule has 0 bridgehead atoms. The Morgan fingerprint density at radius 2 is 1.95 bits per heavy atom. The van der Waals surface area contributed by atoms with E-state index in [1.807, 2.05) is 36.4 Å². The van der Waals surface area contributed by atoms with E-state index in [0.29, 0.717) is 5.92 Å². The number of para-hydroxylation sites is 1. The van der Waals surface area contributed by atoms with Gasteiger partial charge < -0.3 is 9.84 Å². The van der Waals surface area contributed by atoms with Crippen molar-refractivity contribution in [2.75, 3.05) is 0 Å². The largest absolute Gasteiger partial charge is 0.457 e. The maximum atomic E-state index is 9.18. The summed E-state index contributed by atoms with van der Waals surface area (Å²) in [4.78, 5) is 0. The van der Waals surface area contributed by atoms with E-state index in [4.69, 9.17) is 4.74 Å². The number of aliphatic hydroxyl groups excluding tert-OH is 1. The van der Waals surface area contributed by atoms with Crippen LogP contribution in [0.4, 0.5) is 0 Å². The Morgan fingerprint density at radius 3 is 2.60 bits per heavy atom. The third-order valence-electron chi connectivity index (χ3n) is 3.48. The Balaban J connectivity index is 2.28. The molecule has 0 fully saturated rings. The molecule has 106 valence electrons. The van der Waals surface area contributed by atoms with Crippen LogP contribution < -0.4 is 4.74 Å². The molecule has 1 atom stereocenters. The molecular weight excluding hydrogens is 316 g/mol. The van der Waals surface area contributed by atoms with Crippen LogP contribution in [-0.4, -0.2) is 5.11 Å². The standard InChI is InChI=1S/C17H19BrO2/c1-3-12(2)15-6-4-5-7-17(15)20-14-9-8-13(11-19)16(18)10-14/h4-10,12,19H,3,11H2,1-2H3. The third-order valence-corrected chi connectivity index (χ3v) is 4.22. The Morgan fingerprint density at radius 1 is 1.20 bits per heavy atom. The summed E-state index contributed by atoms with van der Waals surface area (Å²) in [5.41, 5.74) is 2.07. The number of hydrogen-bond donors (Lipinski definition) is 1. The molecule has 0 aromatic heterocycles. The van der Waals surface area contributed by atoms with Crippen molar-refractivity contribution < 1.29 is 9.84 Å². The number of aliphatic hydroxyl groups is 1. The predicted octanol–water partition coefficient (Wildman–Crippen LogP) is 5.25. The lowest BCUT2D eigenvalue weighted by molar-refractivity contribution is 0.281. The fourth-order valence-electron chi connectivity index (χ4n) is 2.05. The smallest absolute Gasteiger partial charge is 0.130 e. The van der Waals surface area contributed by atoms with Gasteiger partial charge in [-0.15, -0.1) is 0 Å². The number of halogens is 1. The molecule has 0 saturated heterocycles. The van der Waals surface area contributed by atoms with Crippen LogP contribution >= 0.6 is 15.9 Å². The monoisotopic (exact) mass is 334 g/mol. The number of benzene rings is 2. The summed E-state index contributed by atoms with van der Waals surface area (Å²) < 4.78 is 6.86. The number of hydrogen-bond acceptors (Lipinski definition) is 2. The molecule has 20 heavy (non-hydrogen) atoms. The van der Waals surface area contributed by atoms with Crippen LogP contribution in [0, 0.1) is 0 Å². The Hall–Kier alpha value is -1.32. The summed E-state index contributed by atoms with van der Waals surface area (Å²) in [6.45, 7) is 4.39. The van der Waals surface area contributed by atoms with Crippen LogP contribution in [0.25, 0.3) is 0 Å². The molecule has 0 radical (unpaired) electrons. The summed E-state index contributed by atoms with van der Waals surface area (Å²) in [5, 5.41) is 9.18. The van der Waals surface area contributed by atoms with Gasteiger partial charge in [0.25, 0.3) is 0 Å². The van der Waals surface area contributed by atoms with Gasteiger partial charge in [-0.25, -0.2) is 0 Å². The van der Waals surface area contributed by atoms with Crippen molar-refractivity contribution in [2.45, 2.75) is 32.8 Å². The van der Waals surface area contributed by atoms with Crippen molar-refractivity contribution in [3.8, 4) is 11.5 Å². The van der Waals surface area contributed by atoms with E-state index in [1.54, 1.807) is 0 Å². The minimum absolute atomic E-state index is 0.0182. The lowest BCUT2D eigenvalue weighted by atomic mass is 9.98. The van der Waals surface area contributed by atoms with Gasteiger partial charge in [-0.05, 0) is 41.7 Å². The molecule has 3 heteroatoms. The zero-order valence-electron chi connectivity index (χ0n) is 11.8. The Kier molecular flexibility index (Phi) is 5.21. The zero-order valence-corrected chi connectivity index (χ0v) is 13.4. The first-order valence-electron chi connectivity index (χ1n) is 6.81. The second-order valence-electron chi connectivity index (χ2n) is 4.86. The quantitative estimate of drug-likeness (QED) is 0.809. The first-order valence-corrected chi connectivity index (χ1v) is 7.61. The van der Waals surface area contributed by atoms with E-state index in [0.717, 1.165) is 28.0 Å². The van der Waals surface area contributed by atoms with E-state index < -0.39 is 0 Å². The van der Waals surface area contributed by atoms with E-state index in [2.05, 4.69) is 35.8 Å². The topological polar surface area (TPSA) is 29.5 Å². The maximum absolute atomic E-state index is 9.18. The highest BCUT2D eigenvalue weighted by atomic mass is 79.9. The van der Waals surface area contributed by atoms with Crippen molar-refractivity contribution in [1.82, 2.24) is 0 Å². The van der Waals surface area contributed by atoms with Gasteiger partial charge in [0.05, 0.1) is 6.61 Å². The summed E-state index contributed by atoms with van der Waals surface area (Å²) in [6, 6.07) is 13.8. The van der Waals surface area contributed by atoms with Crippen molar-refractivity contribution in [3.05, 3.63) is 58.1 Å². The second kappa shape index (κ2) is 6.91. The molecule has 0 amide bonds. The van der Waals surface area contributed by atoms with E-state index >= 15 is 0 Å². The second-order valence-corrected chi connectivity index (χ2v) is 5.71. The van der Waals surface area contributed by atoms with Gasteiger partial charge in [-0.2, -0.15) is 0 Å². The summed E-state index contributed by atoms with van der Waals surface area (Å²) in [7, 11) is 0. The summed E-state index contributed by atoms with van der Waals surface area (Å²) >= 11 is 3.44. The van der Waals surface area contributed by atoms with Gasteiger partial charge in [-0.1, -0.05) is 54.0 Å². The molecular formula is C17H19BrO2. The van der Waals surface area contributed by atoms with Crippen LogP contribution in [0.15, 0.2) is 46.9 Å². The number of rotatable bonds is 5. The van der Waals surface area contributed by atoms with Crippen molar-refractivity contribution in [3.63, 3.8) is 0 Å². The number of ether oxygens (including phenoxy) is 1. The molecule has 0 aliphatic rings. The molecule has 0 heterocycles. The van der Waals surface area contributed by atoms with E-state index in [9.17, 15) is 5.11 Å². The first kappa shape index (κ1) is 15.1. The summed E-state index contributed by atoms with van der Waals surface area (Å²) in [5.74, 6) is 2.13. The van der Waals surface area contributed by atoms with Crippen LogP contribution in [0.2, 0.25) is 0 Å². The van der Waals surface area contributed by atoms with Crippen LogP contribution in [0.3, 0.4) is 0 Å². The van der Waals surface area contributed by atoms with Gasteiger partial charge in [-0.3, -0.25) is 0 Å². The molecule has 0 saturated carbocycles. The highest BCUT2D eigenvalue weighted by Crippen LogP contribution is 2.33. The fourth-order valence-corrected chi connectivity index (χ4v) is 2.53. The van der Waals surface area contributed by atoms with Gasteiger partial charge >= 0.3 is 0 Å². The zero-order chi connectivity index (χ0) is 14.5. The van der Waals surface area contributed by atoms with Gasteiger partial charge in [0.15, 0.2) is 0 Å². The SMILES string of the molecule is CCC(C)c1ccccc1Oc1ccc(CO)c(Br)c1. The fraction of sp³-hybridized carbons (Fsp3) is 0.294. The third kappa shape index (κ3) is 3.41. The highest BCUT2D eigenvalue weighted by molar-refractivity contribution is 9.10. The normalized spacial score (nSPS) is 12.2.